The molecule has 0 bridgehead atoms. The Balaban J connectivity index is 0.00000341. The van der Waals surface area contributed by atoms with Crippen LogP contribution in [0.15, 0.2) is 10.4 Å². The lowest BCUT2D eigenvalue weighted by molar-refractivity contribution is -0.119. The molecule has 0 aliphatic carbocycles. The molecule has 4 N–H and O–H groups in total. The van der Waals surface area contributed by atoms with Gasteiger partial charge in [-0.3, -0.25) is 19.6 Å². The molecule has 0 saturated carbocycles. The van der Waals surface area contributed by atoms with Gasteiger partial charge in [-0.25, -0.2) is 4.98 Å². The Morgan fingerprint density at radius 1 is 1.23 bits per heavy atom. The maximum atomic E-state index is 11.1. The van der Waals surface area contributed by atoms with Crippen molar-refractivity contribution >= 4 is 47.2 Å². The summed E-state index contributed by atoms with van der Waals surface area (Å²) in [6.07, 6.45) is 4.40. The molecule has 176 valence electrons. The first kappa shape index (κ1) is 26.3. The Kier molecular flexibility index (Phi) is 11.5. The van der Waals surface area contributed by atoms with Gasteiger partial charge in [0.15, 0.2) is 5.96 Å². The van der Waals surface area contributed by atoms with Gasteiger partial charge in [0.2, 0.25) is 5.91 Å². The van der Waals surface area contributed by atoms with Crippen molar-refractivity contribution in [2.24, 2.45) is 16.6 Å². The van der Waals surface area contributed by atoms with E-state index in [4.69, 9.17) is 10.7 Å². The van der Waals surface area contributed by atoms with Crippen molar-refractivity contribution in [3.05, 3.63) is 16.1 Å². The van der Waals surface area contributed by atoms with Gasteiger partial charge in [-0.1, -0.05) is 0 Å². The van der Waals surface area contributed by atoms with Crippen LogP contribution < -0.4 is 16.4 Å². The van der Waals surface area contributed by atoms with Crippen LogP contribution >= 0.6 is 35.3 Å². The van der Waals surface area contributed by atoms with Crippen molar-refractivity contribution in [2.45, 2.75) is 52.1 Å². The number of amides is 1. The molecule has 3 rings (SSSR count). The van der Waals surface area contributed by atoms with Crippen molar-refractivity contribution in [1.29, 1.82) is 0 Å². The number of rotatable bonds is 8. The Bertz CT molecular complexity index is 698. The van der Waals surface area contributed by atoms with Crippen molar-refractivity contribution < 1.29 is 4.79 Å². The fourth-order valence-corrected chi connectivity index (χ4v) is 4.83. The van der Waals surface area contributed by atoms with Crippen LogP contribution in [0, 0.1) is 12.8 Å². The topological polar surface area (TPSA) is 98.9 Å². The van der Waals surface area contributed by atoms with Crippen molar-refractivity contribution in [3.63, 3.8) is 0 Å². The second-order valence-corrected chi connectivity index (χ2v) is 9.52. The van der Waals surface area contributed by atoms with Crippen LogP contribution in [-0.4, -0.2) is 78.5 Å². The minimum absolute atomic E-state index is 0. The number of carbonyl (C=O) groups is 1. The first-order valence-corrected chi connectivity index (χ1v) is 12.1. The van der Waals surface area contributed by atoms with E-state index in [1.807, 2.05) is 0 Å². The number of halogens is 1. The summed E-state index contributed by atoms with van der Waals surface area (Å²) in [5.41, 5.74) is 6.51. The largest absolute Gasteiger partial charge is 0.369 e. The molecule has 0 radical (unpaired) electrons. The highest BCUT2D eigenvalue weighted by Gasteiger charge is 2.22. The minimum atomic E-state index is -0.246. The van der Waals surface area contributed by atoms with Crippen molar-refractivity contribution in [1.82, 2.24) is 25.4 Å². The average molecular weight is 564 g/mol. The van der Waals surface area contributed by atoms with Gasteiger partial charge in [0, 0.05) is 44.1 Å². The van der Waals surface area contributed by atoms with E-state index < -0.39 is 0 Å². The van der Waals surface area contributed by atoms with Crippen LogP contribution in [0.4, 0.5) is 0 Å². The molecule has 1 aromatic rings. The lowest BCUT2D eigenvalue weighted by atomic mass is 9.97. The van der Waals surface area contributed by atoms with E-state index in [9.17, 15) is 4.79 Å². The molecule has 2 fully saturated rings. The molecule has 0 atom stereocenters. The maximum Gasteiger partial charge on any atom is 0.231 e. The molecule has 8 nitrogen and oxygen atoms in total. The number of aryl methyl sites for hydroxylation is 1. The number of hydrogen-bond acceptors (Lipinski definition) is 6. The molecule has 2 aliphatic rings. The van der Waals surface area contributed by atoms with Crippen LogP contribution in [0.2, 0.25) is 0 Å². The zero-order valence-electron chi connectivity index (χ0n) is 18.8. The highest BCUT2D eigenvalue weighted by molar-refractivity contribution is 14.0. The number of thiazole rings is 1. The van der Waals surface area contributed by atoms with E-state index >= 15 is 0 Å². The smallest absolute Gasteiger partial charge is 0.231 e. The van der Waals surface area contributed by atoms with E-state index in [-0.39, 0.29) is 29.9 Å². The molecule has 1 amide bonds. The molecule has 0 unspecified atom stereocenters. The maximum absolute atomic E-state index is 11.1. The van der Waals surface area contributed by atoms with Gasteiger partial charge in [0.1, 0.15) is 0 Å². The summed E-state index contributed by atoms with van der Waals surface area (Å²) in [4.78, 5) is 25.2. The summed E-state index contributed by atoms with van der Waals surface area (Å²) in [7, 11) is 0. The molecular formula is C21H38IN7OS. The number of piperidine rings is 2. The standard InChI is InChI=1S/C21H37N7OS.HI/c1-3-23-21(26-18-6-10-28(11-7-18)14-20(22)29)24-12-17-4-8-27(9-5-17)13-19-15-30-16(2)25-19;/h15,17-18H,3-14H2,1-2H3,(H2,22,29)(H2,23,24,26);1H. The number of hydrogen-bond donors (Lipinski definition) is 3. The summed E-state index contributed by atoms with van der Waals surface area (Å²) in [5.74, 6) is 1.32. The number of aromatic nitrogens is 1. The fraction of sp³-hybridized carbons (Fsp3) is 0.762. The number of aliphatic imine (C=N–C) groups is 1. The summed E-state index contributed by atoms with van der Waals surface area (Å²) < 4.78 is 0. The molecule has 0 aromatic carbocycles. The second kappa shape index (κ2) is 13.5. The van der Waals surface area contributed by atoms with Crippen LogP contribution in [0.25, 0.3) is 0 Å². The number of carbonyl (C=O) groups excluding carboxylic acids is 1. The third-order valence-electron chi connectivity index (χ3n) is 5.92. The predicted molar refractivity (Wildman–Crippen MR) is 138 cm³/mol. The Hall–Kier alpha value is -0.980. The van der Waals surface area contributed by atoms with Crippen LogP contribution in [0.1, 0.15) is 43.3 Å². The Morgan fingerprint density at radius 3 is 2.48 bits per heavy atom. The van der Waals surface area contributed by atoms with E-state index in [1.54, 1.807) is 11.3 Å². The van der Waals surface area contributed by atoms with E-state index in [0.717, 1.165) is 69.6 Å². The first-order chi connectivity index (χ1) is 14.5. The first-order valence-electron chi connectivity index (χ1n) is 11.2. The summed E-state index contributed by atoms with van der Waals surface area (Å²) in [5, 5.41) is 10.3. The molecule has 0 spiro atoms. The van der Waals surface area contributed by atoms with Gasteiger partial charge in [-0.2, -0.15) is 0 Å². The van der Waals surface area contributed by atoms with Gasteiger partial charge >= 0.3 is 0 Å². The monoisotopic (exact) mass is 563 g/mol. The van der Waals surface area contributed by atoms with Crippen LogP contribution in [0.3, 0.4) is 0 Å². The summed E-state index contributed by atoms with van der Waals surface area (Å²) in [6, 6.07) is 0.398. The Morgan fingerprint density at radius 2 is 1.90 bits per heavy atom. The van der Waals surface area contributed by atoms with Gasteiger partial charge in [-0.15, -0.1) is 35.3 Å². The van der Waals surface area contributed by atoms with Gasteiger partial charge in [-0.05, 0) is 58.5 Å². The molecular weight excluding hydrogens is 525 g/mol. The number of likely N-dealkylation sites (tertiary alicyclic amines) is 2. The van der Waals surface area contributed by atoms with Crippen LogP contribution in [-0.2, 0) is 11.3 Å². The molecule has 31 heavy (non-hydrogen) atoms. The van der Waals surface area contributed by atoms with E-state index in [0.29, 0.717) is 18.5 Å². The number of guanidine groups is 1. The summed E-state index contributed by atoms with van der Waals surface area (Å²) in [6.45, 7) is 11.3. The van der Waals surface area contributed by atoms with E-state index in [2.05, 4.69) is 44.6 Å². The third-order valence-corrected chi connectivity index (χ3v) is 6.74. The predicted octanol–water partition coefficient (Wildman–Crippen LogP) is 1.79. The zero-order valence-corrected chi connectivity index (χ0v) is 22.0. The minimum Gasteiger partial charge on any atom is -0.369 e. The van der Waals surface area contributed by atoms with Crippen LogP contribution in [0.5, 0.6) is 0 Å². The number of primary amides is 1. The summed E-state index contributed by atoms with van der Waals surface area (Å²) >= 11 is 1.73. The highest BCUT2D eigenvalue weighted by Crippen LogP contribution is 2.20. The molecule has 1 aromatic heterocycles. The second-order valence-electron chi connectivity index (χ2n) is 8.46. The Labute approximate surface area is 207 Å². The fourth-order valence-electron chi connectivity index (χ4n) is 4.23. The normalized spacial score (nSPS) is 19.7. The number of nitrogens with one attached hydrogen (secondary N) is 2. The number of nitrogens with two attached hydrogens (primary N) is 1. The van der Waals surface area contributed by atoms with Crippen molar-refractivity contribution in [2.75, 3.05) is 45.8 Å². The third kappa shape index (κ3) is 9.19. The van der Waals surface area contributed by atoms with E-state index in [1.165, 1.54) is 18.5 Å². The highest BCUT2D eigenvalue weighted by atomic mass is 127. The molecule has 2 aliphatic heterocycles. The van der Waals surface area contributed by atoms with Gasteiger partial charge < -0.3 is 16.4 Å². The molecule has 3 heterocycles. The molecule has 2 saturated heterocycles. The lowest BCUT2D eigenvalue weighted by Crippen LogP contribution is -2.50. The SMILES string of the molecule is CCNC(=NCC1CCN(Cc2csc(C)n2)CC1)NC1CCN(CC(N)=O)CC1.I. The lowest BCUT2D eigenvalue weighted by Gasteiger charge is -2.33. The van der Waals surface area contributed by atoms with Gasteiger partial charge in [0.25, 0.3) is 0 Å². The number of nitrogens with zero attached hydrogens (tertiary/aromatic N) is 4. The zero-order chi connectivity index (χ0) is 21.3. The quantitative estimate of drug-likeness (QED) is 0.254. The average Bonchev–Trinajstić information content (AvgIpc) is 3.13. The molecule has 10 heteroatoms. The van der Waals surface area contributed by atoms with Gasteiger partial charge in [0.05, 0.1) is 17.2 Å². The van der Waals surface area contributed by atoms with Crippen molar-refractivity contribution in [3.8, 4) is 0 Å².